The van der Waals surface area contributed by atoms with E-state index in [0.717, 1.165) is 12.8 Å². The first kappa shape index (κ1) is 9.01. The Morgan fingerprint density at radius 3 is 1.64 bits per heavy atom. The predicted molar refractivity (Wildman–Crippen MR) is 62.0 cm³/mol. The minimum atomic E-state index is 1.03. The number of allylic oxidation sites excluding steroid dienone is 12. The lowest BCUT2D eigenvalue weighted by Gasteiger charge is -2.00. The third kappa shape index (κ3) is 2.23. The Bertz CT molecular complexity index is 333. The highest BCUT2D eigenvalue weighted by Gasteiger charge is 1.98. The summed E-state index contributed by atoms with van der Waals surface area (Å²) in [6, 6.07) is 0. The zero-order chi connectivity index (χ0) is 9.64. The Kier molecular flexibility index (Phi) is 2.97. The summed E-state index contributed by atoms with van der Waals surface area (Å²) in [7, 11) is 0. The van der Waals surface area contributed by atoms with Crippen molar-refractivity contribution in [1.29, 1.82) is 0 Å². The quantitative estimate of drug-likeness (QED) is 0.577. The zero-order valence-corrected chi connectivity index (χ0v) is 8.19. The Balaban J connectivity index is 2.29. The molecule has 2 rings (SSSR count). The molecule has 0 heteroatoms. The summed E-state index contributed by atoms with van der Waals surface area (Å²) in [6.07, 6.45) is 23.7. The van der Waals surface area contributed by atoms with E-state index in [1.807, 2.05) is 0 Å². The van der Waals surface area contributed by atoms with E-state index in [9.17, 15) is 0 Å². The average molecular weight is 182 g/mol. The normalized spacial score (nSPS) is 20.0. The standard InChI is InChI=1S/C14H14/c1-2-6-10-13(9-5-1)14-11-7-3-4-8-12-14/h1,3,5-12H,2,4H2. The first-order valence-electron chi connectivity index (χ1n) is 5.04. The molecule has 70 valence electrons. The maximum Gasteiger partial charge on any atom is -0.0163 e. The lowest BCUT2D eigenvalue weighted by molar-refractivity contribution is 1.39. The van der Waals surface area contributed by atoms with Gasteiger partial charge < -0.3 is 0 Å². The van der Waals surface area contributed by atoms with Crippen molar-refractivity contribution in [3.63, 3.8) is 0 Å². The highest BCUT2D eigenvalue weighted by Crippen LogP contribution is 2.18. The van der Waals surface area contributed by atoms with Gasteiger partial charge in [-0.15, -0.1) is 0 Å². The Labute approximate surface area is 85.3 Å². The molecule has 0 fully saturated rings. The van der Waals surface area contributed by atoms with Crippen molar-refractivity contribution in [2.45, 2.75) is 12.8 Å². The Morgan fingerprint density at radius 1 is 0.643 bits per heavy atom. The Hall–Kier alpha value is -1.56. The molecular formula is C14H14. The van der Waals surface area contributed by atoms with Crippen molar-refractivity contribution in [2.24, 2.45) is 0 Å². The van der Waals surface area contributed by atoms with Crippen molar-refractivity contribution >= 4 is 0 Å². The molecule has 0 unspecified atom stereocenters. The molecule has 0 N–H and O–H groups in total. The molecule has 0 heterocycles. The van der Waals surface area contributed by atoms with Crippen LogP contribution < -0.4 is 0 Å². The van der Waals surface area contributed by atoms with Crippen molar-refractivity contribution < 1.29 is 0 Å². The lowest BCUT2D eigenvalue weighted by Crippen LogP contribution is -1.81. The van der Waals surface area contributed by atoms with Gasteiger partial charge in [0, 0.05) is 0 Å². The van der Waals surface area contributed by atoms with Crippen molar-refractivity contribution in [1.82, 2.24) is 0 Å². The van der Waals surface area contributed by atoms with E-state index >= 15 is 0 Å². The number of hydrogen-bond donors (Lipinski definition) is 0. The number of rotatable bonds is 1. The fourth-order valence-electron chi connectivity index (χ4n) is 1.54. The molecule has 0 aromatic heterocycles. The molecule has 0 bridgehead atoms. The van der Waals surface area contributed by atoms with Crippen LogP contribution in [-0.2, 0) is 0 Å². The summed E-state index contributed by atoms with van der Waals surface area (Å²) < 4.78 is 0. The van der Waals surface area contributed by atoms with Crippen LogP contribution in [0.1, 0.15) is 12.8 Å². The molecule has 0 saturated heterocycles. The minimum Gasteiger partial charge on any atom is -0.0807 e. The smallest absolute Gasteiger partial charge is 0.0163 e. The molecule has 0 radical (unpaired) electrons. The van der Waals surface area contributed by atoms with E-state index in [1.165, 1.54) is 11.1 Å². The molecular weight excluding hydrogens is 168 g/mol. The van der Waals surface area contributed by atoms with Crippen LogP contribution in [0.2, 0.25) is 0 Å². The summed E-state index contributed by atoms with van der Waals surface area (Å²) in [5.74, 6) is 0. The van der Waals surface area contributed by atoms with Gasteiger partial charge in [-0.25, -0.2) is 0 Å². The molecule has 2 aliphatic rings. The minimum absolute atomic E-state index is 1.03. The van der Waals surface area contributed by atoms with E-state index in [4.69, 9.17) is 0 Å². The maximum atomic E-state index is 2.19. The third-order valence-corrected chi connectivity index (χ3v) is 2.30. The van der Waals surface area contributed by atoms with E-state index in [0.29, 0.717) is 0 Å². The predicted octanol–water partition coefficient (Wildman–Crippen LogP) is 3.87. The second-order valence-electron chi connectivity index (χ2n) is 3.38. The Morgan fingerprint density at radius 2 is 1.14 bits per heavy atom. The van der Waals surface area contributed by atoms with Crippen molar-refractivity contribution in [3.05, 3.63) is 71.9 Å². The summed E-state index contributed by atoms with van der Waals surface area (Å²) in [4.78, 5) is 0. The molecule has 0 saturated carbocycles. The molecule has 14 heavy (non-hydrogen) atoms. The van der Waals surface area contributed by atoms with Gasteiger partial charge in [-0.05, 0) is 24.0 Å². The zero-order valence-electron chi connectivity index (χ0n) is 8.19. The van der Waals surface area contributed by atoms with Crippen LogP contribution in [0.15, 0.2) is 71.9 Å². The summed E-state index contributed by atoms with van der Waals surface area (Å²) in [5, 5.41) is 0. The van der Waals surface area contributed by atoms with Gasteiger partial charge in [-0.2, -0.15) is 0 Å². The monoisotopic (exact) mass is 182 g/mol. The first-order chi connectivity index (χ1) is 6.97. The van der Waals surface area contributed by atoms with Gasteiger partial charge in [0.25, 0.3) is 0 Å². The van der Waals surface area contributed by atoms with Crippen LogP contribution in [0.4, 0.5) is 0 Å². The topological polar surface area (TPSA) is 0 Å². The van der Waals surface area contributed by atoms with Gasteiger partial charge in [-0.3, -0.25) is 0 Å². The van der Waals surface area contributed by atoms with Gasteiger partial charge in [0.1, 0.15) is 0 Å². The van der Waals surface area contributed by atoms with Crippen LogP contribution in [0, 0.1) is 0 Å². The van der Waals surface area contributed by atoms with E-state index in [-0.39, 0.29) is 0 Å². The molecule has 0 nitrogen and oxygen atoms in total. The maximum absolute atomic E-state index is 2.19. The van der Waals surface area contributed by atoms with E-state index in [1.54, 1.807) is 0 Å². The van der Waals surface area contributed by atoms with Crippen molar-refractivity contribution in [2.75, 3.05) is 0 Å². The van der Waals surface area contributed by atoms with Crippen LogP contribution in [0.3, 0.4) is 0 Å². The van der Waals surface area contributed by atoms with Gasteiger partial charge in [0.2, 0.25) is 0 Å². The molecule has 0 aromatic rings. The molecule has 0 amide bonds. The van der Waals surface area contributed by atoms with E-state index < -0.39 is 0 Å². The molecule has 0 spiro atoms. The highest BCUT2D eigenvalue weighted by atomic mass is 14.0. The van der Waals surface area contributed by atoms with Crippen LogP contribution in [-0.4, -0.2) is 0 Å². The largest absolute Gasteiger partial charge is 0.0807 e. The molecule has 0 aliphatic heterocycles. The van der Waals surface area contributed by atoms with E-state index in [2.05, 4.69) is 60.8 Å². The van der Waals surface area contributed by atoms with Gasteiger partial charge in [0.15, 0.2) is 0 Å². The van der Waals surface area contributed by atoms with Gasteiger partial charge >= 0.3 is 0 Å². The fraction of sp³-hybridized carbons (Fsp3) is 0.143. The second kappa shape index (κ2) is 4.61. The van der Waals surface area contributed by atoms with Gasteiger partial charge in [-0.1, -0.05) is 60.8 Å². The molecule has 0 aromatic carbocycles. The van der Waals surface area contributed by atoms with Crippen molar-refractivity contribution in [3.8, 4) is 0 Å². The molecule has 2 aliphatic carbocycles. The van der Waals surface area contributed by atoms with Gasteiger partial charge in [0.05, 0.1) is 0 Å². The summed E-state index contributed by atoms with van der Waals surface area (Å²) in [5.41, 5.74) is 2.59. The number of hydrogen-bond acceptors (Lipinski definition) is 0. The van der Waals surface area contributed by atoms with Crippen LogP contribution in [0.25, 0.3) is 0 Å². The highest BCUT2D eigenvalue weighted by molar-refractivity contribution is 5.51. The summed E-state index contributed by atoms with van der Waals surface area (Å²) >= 11 is 0. The fourth-order valence-corrected chi connectivity index (χ4v) is 1.54. The third-order valence-electron chi connectivity index (χ3n) is 2.30. The summed E-state index contributed by atoms with van der Waals surface area (Å²) in [6.45, 7) is 0. The van der Waals surface area contributed by atoms with Crippen LogP contribution >= 0.6 is 0 Å². The second-order valence-corrected chi connectivity index (χ2v) is 3.38. The first-order valence-corrected chi connectivity index (χ1v) is 5.04. The lowest BCUT2D eigenvalue weighted by atomic mass is 10.0. The average Bonchev–Trinajstić information content (AvgIpc) is 2.62. The molecule has 0 atom stereocenters. The van der Waals surface area contributed by atoms with Crippen LogP contribution in [0.5, 0.6) is 0 Å². The SMILES string of the molecule is C1=CCC=CC(C2=CC=CCC=C2)=C1.